The Morgan fingerprint density at radius 1 is 0.950 bits per heavy atom. The summed E-state index contributed by atoms with van der Waals surface area (Å²) in [6.07, 6.45) is 1.85. The van der Waals surface area contributed by atoms with Gasteiger partial charge in [0.05, 0.1) is 27.6 Å². The fraction of sp³-hybridized carbons (Fsp3) is 0.0645. The van der Waals surface area contributed by atoms with Crippen LogP contribution in [0.25, 0.3) is 33.0 Å². The maximum absolute atomic E-state index is 11.6. The number of nitrogens with zero attached hydrogens (tertiary/aromatic N) is 3. The highest BCUT2D eigenvalue weighted by molar-refractivity contribution is 7.13. The van der Waals surface area contributed by atoms with E-state index in [9.17, 15) is 9.90 Å². The fourth-order valence-corrected chi connectivity index (χ4v) is 5.42. The first-order chi connectivity index (χ1) is 19.6. The number of benzene rings is 3. The van der Waals surface area contributed by atoms with Crippen LogP contribution < -0.4 is 4.74 Å². The van der Waals surface area contributed by atoms with Gasteiger partial charge in [-0.15, -0.1) is 16.4 Å². The minimum Gasteiger partial charge on any atom is -0.478 e. The Morgan fingerprint density at radius 3 is 2.48 bits per heavy atom. The van der Waals surface area contributed by atoms with E-state index in [4.69, 9.17) is 20.9 Å². The molecule has 6 aromatic rings. The summed E-state index contributed by atoms with van der Waals surface area (Å²) in [6, 6.07) is 28.0. The number of aromatic carboxylic acids is 1. The van der Waals surface area contributed by atoms with E-state index in [0.29, 0.717) is 34.5 Å². The van der Waals surface area contributed by atoms with Crippen molar-refractivity contribution in [2.75, 3.05) is 0 Å². The zero-order valence-corrected chi connectivity index (χ0v) is 22.6. The van der Waals surface area contributed by atoms with Gasteiger partial charge in [0.25, 0.3) is 0 Å². The van der Waals surface area contributed by atoms with Gasteiger partial charge in [0.2, 0.25) is 5.88 Å². The molecule has 9 heteroatoms. The van der Waals surface area contributed by atoms with E-state index < -0.39 is 5.97 Å². The lowest BCUT2D eigenvalue weighted by Crippen LogP contribution is -2.03. The molecule has 0 bridgehead atoms. The quantitative estimate of drug-likeness (QED) is 0.191. The summed E-state index contributed by atoms with van der Waals surface area (Å²) in [7, 11) is 0. The summed E-state index contributed by atoms with van der Waals surface area (Å²) < 4.78 is 13.6. The van der Waals surface area contributed by atoms with E-state index >= 15 is 0 Å². The van der Waals surface area contributed by atoms with E-state index in [1.807, 2.05) is 90.4 Å². The van der Waals surface area contributed by atoms with Crippen molar-refractivity contribution in [3.8, 4) is 38.9 Å². The lowest BCUT2D eigenvalue weighted by molar-refractivity contribution is 0.0697. The van der Waals surface area contributed by atoms with Crippen molar-refractivity contribution in [3.63, 3.8) is 0 Å². The molecule has 6 rings (SSSR count). The molecule has 1 N–H and O–H groups in total. The molecule has 0 spiro atoms. The van der Waals surface area contributed by atoms with Crippen molar-refractivity contribution < 1.29 is 19.2 Å². The lowest BCUT2D eigenvalue weighted by Gasteiger charge is -2.08. The van der Waals surface area contributed by atoms with Crippen LogP contribution >= 0.6 is 22.9 Å². The van der Waals surface area contributed by atoms with Gasteiger partial charge in [-0.1, -0.05) is 83.5 Å². The number of halogens is 1. The van der Waals surface area contributed by atoms with E-state index in [0.717, 1.165) is 27.1 Å². The van der Waals surface area contributed by atoms with Crippen LogP contribution in [0.4, 0.5) is 0 Å². The number of rotatable bonds is 9. The van der Waals surface area contributed by atoms with Crippen LogP contribution in [0, 0.1) is 0 Å². The van der Waals surface area contributed by atoms with E-state index in [-0.39, 0.29) is 12.2 Å². The SMILES string of the molecule is O=C(O)c1ccccc1-c1ccc(Cn2ccc(OCc3c(-c4ccccc4Cl)noc3-c3cccs3)n2)cc1. The molecule has 0 radical (unpaired) electrons. The zero-order chi connectivity index (χ0) is 27.5. The highest BCUT2D eigenvalue weighted by Gasteiger charge is 2.22. The topological polar surface area (TPSA) is 90.4 Å². The van der Waals surface area contributed by atoms with Crippen molar-refractivity contribution in [1.29, 1.82) is 0 Å². The van der Waals surface area contributed by atoms with E-state index in [2.05, 4.69) is 10.3 Å². The second kappa shape index (κ2) is 11.2. The van der Waals surface area contributed by atoms with Crippen LogP contribution in [0.15, 0.2) is 107 Å². The average Bonchev–Trinajstić information content (AvgIpc) is 3.74. The predicted molar refractivity (Wildman–Crippen MR) is 155 cm³/mol. The van der Waals surface area contributed by atoms with Crippen molar-refractivity contribution in [3.05, 3.63) is 124 Å². The number of aromatic nitrogens is 3. The number of hydrogen-bond acceptors (Lipinski definition) is 6. The maximum Gasteiger partial charge on any atom is 0.336 e. The Balaban J connectivity index is 1.18. The van der Waals surface area contributed by atoms with Gasteiger partial charge in [-0.05, 0) is 40.3 Å². The summed E-state index contributed by atoms with van der Waals surface area (Å²) in [5.74, 6) is 0.167. The number of carboxylic acids is 1. The first-order valence-corrected chi connectivity index (χ1v) is 13.7. The molecule has 0 saturated carbocycles. The average molecular weight is 568 g/mol. The Hall–Kier alpha value is -4.66. The Morgan fingerprint density at radius 2 is 1.73 bits per heavy atom. The van der Waals surface area contributed by atoms with Crippen LogP contribution in [0.3, 0.4) is 0 Å². The number of carboxylic acid groups (broad SMARTS) is 1. The van der Waals surface area contributed by atoms with E-state index in [1.54, 1.807) is 28.2 Å². The monoisotopic (exact) mass is 567 g/mol. The minimum atomic E-state index is -0.948. The lowest BCUT2D eigenvalue weighted by atomic mass is 9.99. The molecule has 0 atom stereocenters. The summed E-state index contributed by atoms with van der Waals surface area (Å²) in [4.78, 5) is 12.5. The molecule has 3 heterocycles. The van der Waals surface area contributed by atoms with Crippen LogP contribution in [-0.2, 0) is 13.2 Å². The number of carbonyl (C=O) groups is 1. The van der Waals surface area contributed by atoms with Crippen molar-refractivity contribution in [2.45, 2.75) is 13.2 Å². The third-order valence-corrected chi connectivity index (χ3v) is 7.61. The molecular weight excluding hydrogens is 546 g/mol. The second-order valence-corrected chi connectivity index (χ2v) is 10.3. The molecule has 3 aromatic heterocycles. The third-order valence-electron chi connectivity index (χ3n) is 6.41. The molecule has 0 amide bonds. The van der Waals surface area contributed by atoms with Crippen LogP contribution in [0.2, 0.25) is 5.02 Å². The van der Waals surface area contributed by atoms with Gasteiger partial charge in [0.15, 0.2) is 5.76 Å². The van der Waals surface area contributed by atoms with Crippen molar-refractivity contribution >= 4 is 28.9 Å². The number of hydrogen-bond donors (Lipinski definition) is 1. The highest BCUT2D eigenvalue weighted by atomic mass is 35.5. The van der Waals surface area contributed by atoms with Gasteiger partial charge < -0.3 is 14.4 Å². The fourth-order valence-electron chi connectivity index (χ4n) is 4.46. The summed E-state index contributed by atoms with van der Waals surface area (Å²) >= 11 is 8.03. The normalized spacial score (nSPS) is 11.0. The first kappa shape index (κ1) is 25.6. The van der Waals surface area contributed by atoms with Gasteiger partial charge in [-0.3, -0.25) is 4.68 Å². The second-order valence-electron chi connectivity index (χ2n) is 8.98. The zero-order valence-electron chi connectivity index (χ0n) is 21.0. The Labute approximate surface area is 238 Å². The molecule has 7 nitrogen and oxygen atoms in total. The standard InChI is InChI=1S/C31H22ClN3O4S/c32-26-9-4-3-8-24(26)29-25(30(39-34-29)27-10-5-17-40-27)19-38-28-15-16-35(33-28)18-20-11-13-21(14-12-20)22-6-1-2-7-23(22)31(36)37/h1-17H,18-19H2,(H,36,37). The molecule has 3 aromatic carbocycles. The molecule has 40 heavy (non-hydrogen) atoms. The van der Waals surface area contributed by atoms with Gasteiger partial charge >= 0.3 is 5.97 Å². The van der Waals surface area contributed by atoms with Gasteiger partial charge in [0.1, 0.15) is 12.3 Å². The molecule has 0 aliphatic carbocycles. The molecule has 198 valence electrons. The first-order valence-electron chi connectivity index (χ1n) is 12.4. The third kappa shape index (κ3) is 5.27. The van der Waals surface area contributed by atoms with Gasteiger partial charge in [0, 0.05) is 17.8 Å². The predicted octanol–water partition coefficient (Wildman–Crippen LogP) is 7.91. The van der Waals surface area contributed by atoms with Crippen LogP contribution in [0.1, 0.15) is 21.5 Å². The number of ether oxygens (including phenoxy) is 1. The summed E-state index contributed by atoms with van der Waals surface area (Å²) in [6.45, 7) is 0.731. The molecule has 0 saturated heterocycles. The van der Waals surface area contributed by atoms with Gasteiger partial charge in [-0.25, -0.2) is 4.79 Å². The molecule has 0 aliphatic rings. The Bertz CT molecular complexity index is 1770. The Kier molecular flexibility index (Phi) is 7.18. The van der Waals surface area contributed by atoms with Crippen LogP contribution in [-0.4, -0.2) is 26.0 Å². The van der Waals surface area contributed by atoms with Crippen molar-refractivity contribution in [2.24, 2.45) is 0 Å². The largest absolute Gasteiger partial charge is 0.478 e. The van der Waals surface area contributed by atoms with Gasteiger partial charge in [-0.2, -0.15) is 0 Å². The maximum atomic E-state index is 11.6. The molecule has 0 unspecified atom stereocenters. The molecular formula is C31H22ClN3O4S. The summed E-state index contributed by atoms with van der Waals surface area (Å²) in [5, 5.41) is 21.0. The minimum absolute atomic E-state index is 0.200. The summed E-state index contributed by atoms with van der Waals surface area (Å²) in [5.41, 5.74) is 5.02. The van der Waals surface area contributed by atoms with Crippen LogP contribution in [0.5, 0.6) is 5.88 Å². The van der Waals surface area contributed by atoms with E-state index in [1.165, 1.54) is 0 Å². The highest BCUT2D eigenvalue weighted by Crippen LogP contribution is 2.37. The smallest absolute Gasteiger partial charge is 0.336 e. The number of thiophene rings is 1. The molecule has 0 aliphatic heterocycles. The molecule has 0 fully saturated rings. The van der Waals surface area contributed by atoms with Crippen molar-refractivity contribution in [1.82, 2.24) is 14.9 Å².